The Morgan fingerprint density at radius 2 is 1.48 bits per heavy atom. The van der Waals surface area contributed by atoms with Crippen molar-refractivity contribution in [3.63, 3.8) is 0 Å². The number of Topliss-reactive ketones (excluding diaryl/α,β-unsaturated/α-hetero) is 1. The highest BCUT2D eigenvalue weighted by Gasteiger charge is 2.23. The van der Waals surface area contributed by atoms with Crippen molar-refractivity contribution in [2.24, 2.45) is 11.7 Å². The van der Waals surface area contributed by atoms with Crippen LogP contribution in [-0.2, 0) is 19.2 Å². The standard InChI is InChI=1S/C16H28BrN3O4.C4H10N2O.C2H6/c1-11(2)15(16(24)19-10-12(3)21)20-13(22)7-5-4-6-8-18-14(23)9-17;1-2-3-6-4(5)7;1-2/h11,15H,4-10H2,1-3H3,(H,18,23)(H,19,24)(H,20,22);2-3H2,1H3,(H3,5,6,7);1-2H3. The summed E-state index contributed by atoms with van der Waals surface area (Å²) in [5.41, 5.74) is 4.73. The third kappa shape index (κ3) is 26.0. The second-order valence-electron chi connectivity index (χ2n) is 7.29. The maximum absolute atomic E-state index is 12.0. The zero-order valence-electron chi connectivity index (χ0n) is 21.0. The van der Waals surface area contributed by atoms with E-state index in [0.29, 0.717) is 25.9 Å². The third-order valence-electron chi connectivity index (χ3n) is 3.85. The molecular weight excluding hydrogens is 494 g/mol. The number of hydrogen-bond acceptors (Lipinski definition) is 5. The largest absolute Gasteiger partial charge is 0.355 e. The van der Waals surface area contributed by atoms with Crippen molar-refractivity contribution >= 4 is 45.5 Å². The SMILES string of the molecule is CC.CC(=O)CNC(=O)C(NC(=O)CCCCCNC(=O)CBr)C(C)C.CCCNC(N)=O. The summed E-state index contributed by atoms with van der Waals surface area (Å²) in [4.78, 5) is 55.8. The number of alkyl halides is 1. The van der Waals surface area contributed by atoms with Gasteiger partial charge in [-0.1, -0.05) is 57.0 Å². The highest BCUT2D eigenvalue weighted by molar-refractivity contribution is 9.09. The number of halogens is 1. The van der Waals surface area contributed by atoms with E-state index in [2.05, 4.69) is 37.2 Å². The molecule has 0 bridgehead atoms. The fraction of sp³-hybridized carbons (Fsp3) is 0.773. The van der Waals surface area contributed by atoms with Crippen LogP contribution < -0.4 is 27.0 Å². The van der Waals surface area contributed by atoms with E-state index in [1.807, 2.05) is 34.6 Å². The summed E-state index contributed by atoms with van der Waals surface area (Å²) in [7, 11) is 0. The lowest BCUT2D eigenvalue weighted by Crippen LogP contribution is -2.50. The Hall–Kier alpha value is -2.17. The van der Waals surface area contributed by atoms with Crippen molar-refractivity contribution in [1.82, 2.24) is 21.3 Å². The van der Waals surface area contributed by atoms with Gasteiger partial charge in [-0.3, -0.25) is 19.2 Å². The second-order valence-corrected chi connectivity index (χ2v) is 7.86. The molecule has 0 aromatic heterocycles. The minimum Gasteiger partial charge on any atom is -0.355 e. The van der Waals surface area contributed by atoms with Crippen LogP contribution in [0, 0.1) is 5.92 Å². The Labute approximate surface area is 207 Å². The minimum atomic E-state index is -0.643. The van der Waals surface area contributed by atoms with Gasteiger partial charge in [-0.25, -0.2) is 4.79 Å². The fourth-order valence-electron chi connectivity index (χ4n) is 2.21. The summed E-state index contributed by atoms with van der Waals surface area (Å²) in [6, 6.07) is -1.09. The van der Waals surface area contributed by atoms with E-state index in [0.717, 1.165) is 19.3 Å². The molecule has 0 saturated carbocycles. The fourth-order valence-corrected chi connectivity index (χ4v) is 2.41. The summed E-state index contributed by atoms with van der Waals surface area (Å²) in [5, 5.41) is 10.7. The minimum absolute atomic E-state index is 0.0297. The van der Waals surface area contributed by atoms with E-state index in [1.54, 1.807) is 0 Å². The molecule has 1 unspecified atom stereocenters. The first kappa shape index (κ1) is 35.4. The molecule has 11 heteroatoms. The Morgan fingerprint density at radius 3 is 1.91 bits per heavy atom. The summed E-state index contributed by atoms with van der Waals surface area (Å²) in [6.45, 7) is 12.3. The van der Waals surface area contributed by atoms with Crippen molar-refractivity contribution in [3.8, 4) is 0 Å². The molecule has 0 aliphatic rings. The molecule has 0 heterocycles. The number of urea groups is 1. The normalized spacial score (nSPS) is 10.4. The predicted molar refractivity (Wildman–Crippen MR) is 135 cm³/mol. The molecule has 0 saturated heterocycles. The van der Waals surface area contributed by atoms with E-state index in [-0.39, 0.29) is 41.3 Å². The van der Waals surface area contributed by atoms with Gasteiger partial charge >= 0.3 is 6.03 Å². The third-order valence-corrected chi connectivity index (χ3v) is 4.36. The van der Waals surface area contributed by atoms with Gasteiger partial charge in [-0.05, 0) is 32.1 Å². The molecule has 0 rings (SSSR count). The highest BCUT2D eigenvalue weighted by atomic mass is 79.9. The molecule has 0 fully saturated rings. The summed E-state index contributed by atoms with van der Waals surface area (Å²) in [5.74, 6) is -0.782. The number of carbonyl (C=O) groups excluding carboxylic acids is 5. The highest BCUT2D eigenvalue weighted by Crippen LogP contribution is 2.04. The van der Waals surface area contributed by atoms with Gasteiger partial charge in [0.05, 0.1) is 11.9 Å². The molecule has 5 amide bonds. The Morgan fingerprint density at radius 1 is 0.879 bits per heavy atom. The molecular formula is C22H44BrN5O5. The van der Waals surface area contributed by atoms with Gasteiger partial charge in [0.25, 0.3) is 0 Å². The Balaban J connectivity index is -0.000000846. The number of amides is 5. The molecule has 6 N–H and O–H groups in total. The summed E-state index contributed by atoms with van der Waals surface area (Å²) < 4.78 is 0. The van der Waals surface area contributed by atoms with Crippen molar-refractivity contribution in [2.75, 3.05) is 25.0 Å². The smallest absolute Gasteiger partial charge is 0.312 e. The average molecular weight is 539 g/mol. The van der Waals surface area contributed by atoms with Crippen molar-refractivity contribution in [3.05, 3.63) is 0 Å². The van der Waals surface area contributed by atoms with Crippen LogP contribution in [0.5, 0.6) is 0 Å². The molecule has 0 spiro atoms. The van der Waals surface area contributed by atoms with Crippen molar-refractivity contribution in [1.29, 1.82) is 0 Å². The van der Waals surface area contributed by atoms with Gasteiger partial charge in [0, 0.05) is 19.5 Å². The second kappa shape index (κ2) is 24.5. The van der Waals surface area contributed by atoms with E-state index >= 15 is 0 Å². The van der Waals surface area contributed by atoms with Crippen LogP contribution in [0.2, 0.25) is 0 Å². The van der Waals surface area contributed by atoms with E-state index in [1.165, 1.54) is 6.92 Å². The first-order valence-corrected chi connectivity index (χ1v) is 12.6. The van der Waals surface area contributed by atoms with Crippen LogP contribution in [0.4, 0.5) is 4.79 Å². The molecule has 0 aliphatic heterocycles. The Kier molecular flexibility index (Phi) is 26.3. The van der Waals surface area contributed by atoms with E-state index in [9.17, 15) is 24.0 Å². The van der Waals surface area contributed by atoms with Gasteiger partial charge in [-0.15, -0.1) is 0 Å². The van der Waals surface area contributed by atoms with E-state index in [4.69, 9.17) is 5.73 Å². The summed E-state index contributed by atoms with van der Waals surface area (Å²) >= 11 is 3.07. The number of nitrogens with two attached hydrogens (primary N) is 1. The molecule has 0 aliphatic carbocycles. The molecule has 0 aromatic carbocycles. The van der Waals surface area contributed by atoms with Gasteiger partial charge in [-0.2, -0.15) is 0 Å². The number of unbranched alkanes of at least 4 members (excludes halogenated alkanes) is 2. The molecule has 194 valence electrons. The zero-order valence-corrected chi connectivity index (χ0v) is 22.6. The predicted octanol–water partition coefficient (Wildman–Crippen LogP) is 1.99. The lowest BCUT2D eigenvalue weighted by atomic mass is 10.0. The maximum Gasteiger partial charge on any atom is 0.312 e. The van der Waals surface area contributed by atoms with E-state index < -0.39 is 12.1 Å². The van der Waals surface area contributed by atoms with Crippen LogP contribution in [0.15, 0.2) is 0 Å². The van der Waals surface area contributed by atoms with Crippen LogP contribution in [0.3, 0.4) is 0 Å². The lowest BCUT2D eigenvalue weighted by molar-refractivity contribution is -0.131. The number of primary amides is 1. The number of ketones is 1. The number of hydrogen-bond donors (Lipinski definition) is 5. The first-order chi connectivity index (χ1) is 15.5. The maximum atomic E-state index is 12.0. The quantitative estimate of drug-likeness (QED) is 0.169. The van der Waals surface area contributed by atoms with Gasteiger partial charge in [0.1, 0.15) is 11.8 Å². The van der Waals surface area contributed by atoms with Crippen molar-refractivity contribution < 1.29 is 24.0 Å². The number of rotatable bonds is 14. The molecule has 33 heavy (non-hydrogen) atoms. The van der Waals surface area contributed by atoms with Gasteiger partial charge in [0.15, 0.2) is 0 Å². The Bertz CT molecular complexity index is 573. The van der Waals surface area contributed by atoms with Crippen LogP contribution >= 0.6 is 15.9 Å². The monoisotopic (exact) mass is 537 g/mol. The lowest BCUT2D eigenvalue weighted by Gasteiger charge is -2.21. The van der Waals surface area contributed by atoms with Crippen molar-refractivity contribution in [2.45, 2.75) is 79.7 Å². The molecule has 0 radical (unpaired) electrons. The summed E-state index contributed by atoms with van der Waals surface area (Å²) in [6.07, 6.45) is 3.58. The molecule has 10 nitrogen and oxygen atoms in total. The van der Waals surface area contributed by atoms with Crippen LogP contribution in [0.1, 0.15) is 73.6 Å². The topological polar surface area (TPSA) is 159 Å². The average Bonchev–Trinajstić information content (AvgIpc) is 2.77. The van der Waals surface area contributed by atoms with Gasteiger partial charge < -0.3 is 27.0 Å². The van der Waals surface area contributed by atoms with Crippen LogP contribution in [-0.4, -0.2) is 60.5 Å². The molecule has 0 aromatic rings. The first-order valence-electron chi connectivity index (χ1n) is 11.5. The zero-order chi connectivity index (χ0) is 26.2. The van der Waals surface area contributed by atoms with Crippen LogP contribution in [0.25, 0.3) is 0 Å². The van der Waals surface area contributed by atoms with Gasteiger partial charge in [0.2, 0.25) is 17.7 Å². The number of nitrogens with one attached hydrogen (secondary N) is 4. The molecule has 1 atom stereocenters. The number of carbonyl (C=O) groups is 5.